The Morgan fingerprint density at radius 2 is 2.18 bits per heavy atom. The van der Waals surface area contributed by atoms with Crippen molar-refractivity contribution in [3.05, 3.63) is 50.9 Å². The van der Waals surface area contributed by atoms with Gasteiger partial charge in [0.1, 0.15) is 5.82 Å². The topological polar surface area (TPSA) is 44.4 Å². The number of amides is 2. The molecule has 1 aromatic carbocycles. The fourth-order valence-electron chi connectivity index (χ4n) is 1.97. The van der Waals surface area contributed by atoms with Gasteiger partial charge in [0.2, 0.25) is 0 Å². The second-order valence-electron chi connectivity index (χ2n) is 4.95. The molecule has 0 fully saturated rings. The molecule has 1 unspecified atom stereocenters. The molecule has 118 valence electrons. The molecule has 22 heavy (non-hydrogen) atoms. The van der Waals surface area contributed by atoms with Crippen molar-refractivity contribution >= 4 is 39.0 Å². The number of carbonyl (C=O) groups is 1. The number of hydrogen-bond acceptors (Lipinski definition) is 3. The van der Waals surface area contributed by atoms with Gasteiger partial charge >= 0.3 is 6.03 Å². The quantitative estimate of drug-likeness (QED) is 0.814. The van der Waals surface area contributed by atoms with E-state index < -0.39 is 0 Å². The number of rotatable bonds is 5. The largest absolute Gasteiger partial charge is 0.336 e. The van der Waals surface area contributed by atoms with Crippen LogP contribution in [-0.2, 0) is 0 Å². The highest BCUT2D eigenvalue weighted by molar-refractivity contribution is 9.10. The lowest BCUT2D eigenvalue weighted by Gasteiger charge is -2.23. The monoisotopic (exact) mass is 385 g/mol. The first-order valence-electron chi connectivity index (χ1n) is 6.67. The molecule has 1 atom stereocenters. The van der Waals surface area contributed by atoms with E-state index in [1.807, 2.05) is 31.6 Å². The molecule has 0 saturated heterocycles. The van der Waals surface area contributed by atoms with Crippen LogP contribution in [0.25, 0.3) is 0 Å². The van der Waals surface area contributed by atoms with Crippen LogP contribution in [0.3, 0.4) is 0 Å². The Hall–Kier alpha value is -1.44. The number of likely N-dealkylation sites (N-methyl/N-ethyl adjacent to an activating group) is 1. The van der Waals surface area contributed by atoms with Crippen LogP contribution in [0.4, 0.5) is 14.9 Å². The lowest BCUT2D eigenvalue weighted by atomic mass is 10.2. The third-order valence-corrected chi connectivity index (χ3v) is 4.76. The molecule has 2 rings (SSSR count). The van der Waals surface area contributed by atoms with E-state index in [4.69, 9.17) is 0 Å². The van der Waals surface area contributed by atoms with Gasteiger partial charge in [0.05, 0.1) is 11.7 Å². The predicted octanol–water partition coefficient (Wildman–Crippen LogP) is 4.07. The van der Waals surface area contributed by atoms with Gasteiger partial charge in [-0.15, -0.1) is 11.3 Å². The van der Waals surface area contributed by atoms with Crippen molar-refractivity contribution in [2.75, 3.05) is 26.0 Å². The Kier molecular flexibility index (Phi) is 5.93. The summed E-state index contributed by atoms with van der Waals surface area (Å²) in [6.07, 6.45) is 0. The van der Waals surface area contributed by atoms with Crippen LogP contribution in [0.2, 0.25) is 0 Å². The molecule has 1 heterocycles. The first-order chi connectivity index (χ1) is 10.5. The molecular formula is C15H17BrFN3OS. The van der Waals surface area contributed by atoms with Gasteiger partial charge in [-0.3, -0.25) is 0 Å². The number of benzene rings is 1. The van der Waals surface area contributed by atoms with E-state index in [1.54, 1.807) is 11.3 Å². The van der Waals surface area contributed by atoms with Gasteiger partial charge in [-0.1, -0.05) is 6.07 Å². The molecule has 1 aromatic heterocycles. The Balaban J connectivity index is 1.94. The maximum Gasteiger partial charge on any atom is 0.319 e. The summed E-state index contributed by atoms with van der Waals surface area (Å²) in [7, 11) is 3.95. The summed E-state index contributed by atoms with van der Waals surface area (Å²) < 4.78 is 13.5. The zero-order valence-electron chi connectivity index (χ0n) is 12.3. The minimum atomic E-state index is -0.358. The van der Waals surface area contributed by atoms with Gasteiger partial charge in [-0.2, -0.15) is 0 Å². The number of halogens is 2. The van der Waals surface area contributed by atoms with E-state index in [0.717, 1.165) is 0 Å². The van der Waals surface area contributed by atoms with Crippen LogP contribution >= 0.6 is 27.3 Å². The molecule has 0 bridgehead atoms. The van der Waals surface area contributed by atoms with Crippen molar-refractivity contribution in [1.29, 1.82) is 0 Å². The average Bonchev–Trinajstić information content (AvgIpc) is 2.96. The average molecular weight is 386 g/mol. The first kappa shape index (κ1) is 16.9. The molecule has 0 saturated carbocycles. The maximum atomic E-state index is 13.0. The second-order valence-corrected chi connectivity index (χ2v) is 6.79. The van der Waals surface area contributed by atoms with Gasteiger partial charge in [0.25, 0.3) is 0 Å². The zero-order chi connectivity index (χ0) is 16.1. The standard InChI is InChI=1S/C15H17BrFN3OS/c1-20(2)13(14-4-3-7-22-14)9-18-15(21)19-12-6-5-10(17)8-11(12)16/h3-8,13H,9H2,1-2H3,(H2,18,19,21). The lowest BCUT2D eigenvalue weighted by Crippen LogP contribution is -2.36. The highest BCUT2D eigenvalue weighted by atomic mass is 79.9. The number of thiophene rings is 1. The summed E-state index contributed by atoms with van der Waals surface area (Å²) in [4.78, 5) is 15.2. The van der Waals surface area contributed by atoms with E-state index in [-0.39, 0.29) is 17.9 Å². The number of carbonyl (C=O) groups excluding carboxylic acids is 1. The molecule has 4 nitrogen and oxygen atoms in total. The van der Waals surface area contributed by atoms with E-state index in [0.29, 0.717) is 16.7 Å². The zero-order valence-corrected chi connectivity index (χ0v) is 14.7. The van der Waals surface area contributed by atoms with Gasteiger partial charge in [0.15, 0.2) is 0 Å². The minimum absolute atomic E-state index is 0.113. The van der Waals surface area contributed by atoms with E-state index in [2.05, 4.69) is 31.5 Å². The van der Waals surface area contributed by atoms with Crippen molar-refractivity contribution in [3.8, 4) is 0 Å². The summed E-state index contributed by atoms with van der Waals surface area (Å²) >= 11 is 4.88. The number of nitrogens with zero attached hydrogens (tertiary/aromatic N) is 1. The second kappa shape index (κ2) is 7.71. The Bertz CT molecular complexity index is 634. The molecule has 0 aliphatic rings. The molecule has 7 heteroatoms. The molecule has 2 amide bonds. The van der Waals surface area contributed by atoms with Crippen LogP contribution in [0.5, 0.6) is 0 Å². The van der Waals surface area contributed by atoms with Crippen molar-refractivity contribution in [2.24, 2.45) is 0 Å². The van der Waals surface area contributed by atoms with E-state index in [1.165, 1.54) is 23.1 Å². The smallest absolute Gasteiger partial charge is 0.319 e. The van der Waals surface area contributed by atoms with Crippen molar-refractivity contribution in [3.63, 3.8) is 0 Å². The minimum Gasteiger partial charge on any atom is -0.336 e. The summed E-state index contributed by atoms with van der Waals surface area (Å²) in [6, 6.07) is 7.95. The van der Waals surface area contributed by atoms with Crippen LogP contribution < -0.4 is 10.6 Å². The number of hydrogen-bond donors (Lipinski definition) is 2. The third-order valence-electron chi connectivity index (χ3n) is 3.13. The summed E-state index contributed by atoms with van der Waals surface area (Å²) in [5.41, 5.74) is 0.524. The van der Waals surface area contributed by atoms with Crippen molar-refractivity contribution in [2.45, 2.75) is 6.04 Å². The number of anilines is 1. The third kappa shape index (κ3) is 4.53. The van der Waals surface area contributed by atoms with Gasteiger partial charge in [-0.05, 0) is 59.7 Å². The Labute approximate surface area is 141 Å². The van der Waals surface area contributed by atoms with Gasteiger partial charge in [0, 0.05) is 15.9 Å². The molecule has 2 N–H and O–H groups in total. The predicted molar refractivity (Wildman–Crippen MR) is 91.9 cm³/mol. The fourth-order valence-corrected chi connectivity index (χ4v) is 3.34. The van der Waals surface area contributed by atoms with Crippen LogP contribution in [-0.4, -0.2) is 31.6 Å². The highest BCUT2D eigenvalue weighted by Gasteiger charge is 2.16. The van der Waals surface area contributed by atoms with Gasteiger partial charge in [-0.25, -0.2) is 9.18 Å². The SMILES string of the molecule is CN(C)C(CNC(=O)Nc1ccc(F)cc1Br)c1cccs1. The molecule has 0 aliphatic heterocycles. The van der Waals surface area contributed by atoms with Crippen LogP contribution in [0.15, 0.2) is 40.2 Å². The highest BCUT2D eigenvalue weighted by Crippen LogP contribution is 2.24. The number of urea groups is 1. The van der Waals surface area contributed by atoms with Gasteiger partial charge < -0.3 is 15.5 Å². The normalized spacial score (nSPS) is 12.2. The Morgan fingerprint density at radius 3 is 2.77 bits per heavy atom. The van der Waals surface area contributed by atoms with Crippen LogP contribution in [0.1, 0.15) is 10.9 Å². The van der Waals surface area contributed by atoms with Crippen molar-refractivity contribution in [1.82, 2.24) is 10.2 Å². The van der Waals surface area contributed by atoms with E-state index in [9.17, 15) is 9.18 Å². The lowest BCUT2D eigenvalue weighted by molar-refractivity contribution is 0.244. The van der Waals surface area contributed by atoms with E-state index >= 15 is 0 Å². The maximum absolute atomic E-state index is 13.0. The molecule has 2 aromatic rings. The first-order valence-corrected chi connectivity index (χ1v) is 8.34. The fraction of sp³-hybridized carbons (Fsp3) is 0.267. The summed E-state index contributed by atoms with van der Waals surface area (Å²) in [6.45, 7) is 0.484. The number of nitrogens with one attached hydrogen (secondary N) is 2. The molecule has 0 aliphatic carbocycles. The molecular weight excluding hydrogens is 369 g/mol. The molecule has 0 spiro atoms. The van der Waals surface area contributed by atoms with Crippen molar-refractivity contribution < 1.29 is 9.18 Å². The van der Waals surface area contributed by atoms with Crippen LogP contribution in [0, 0.1) is 5.82 Å². The summed E-state index contributed by atoms with van der Waals surface area (Å²) in [5.74, 6) is -0.358. The summed E-state index contributed by atoms with van der Waals surface area (Å²) in [5, 5.41) is 7.56. The Morgan fingerprint density at radius 1 is 1.41 bits per heavy atom. The molecule has 0 radical (unpaired) electrons.